The summed E-state index contributed by atoms with van der Waals surface area (Å²) < 4.78 is 5.16. The molecular formula is C18H23NO4. The molecular weight excluding hydrogens is 294 g/mol. The number of likely N-dealkylation sites (tertiary alicyclic amines) is 1. The number of amides is 1. The van der Waals surface area contributed by atoms with Gasteiger partial charge in [0.05, 0.1) is 7.11 Å². The van der Waals surface area contributed by atoms with Gasteiger partial charge in [-0.1, -0.05) is 12.1 Å². The van der Waals surface area contributed by atoms with Crippen molar-refractivity contribution < 1.29 is 19.4 Å². The fourth-order valence-corrected chi connectivity index (χ4v) is 2.85. The van der Waals surface area contributed by atoms with Gasteiger partial charge in [0, 0.05) is 25.6 Å². The van der Waals surface area contributed by atoms with Gasteiger partial charge in [0.25, 0.3) is 0 Å². The Bertz CT molecular complexity index is 582. The van der Waals surface area contributed by atoms with E-state index in [2.05, 4.69) is 0 Å². The third-order valence-electron chi connectivity index (χ3n) is 4.11. The fraction of sp³-hybridized carbons (Fsp3) is 0.444. The number of carbonyl (C=O) groups excluding carboxylic acids is 1. The molecule has 5 nitrogen and oxygen atoms in total. The highest BCUT2D eigenvalue weighted by molar-refractivity contribution is 5.91. The van der Waals surface area contributed by atoms with Crippen LogP contribution in [-0.2, 0) is 9.59 Å². The van der Waals surface area contributed by atoms with E-state index < -0.39 is 5.97 Å². The minimum absolute atomic E-state index is 0.0205. The van der Waals surface area contributed by atoms with Crippen molar-refractivity contribution in [3.63, 3.8) is 0 Å². The van der Waals surface area contributed by atoms with Crippen LogP contribution in [0.15, 0.2) is 30.3 Å². The van der Waals surface area contributed by atoms with E-state index in [9.17, 15) is 9.59 Å². The Morgan fingerprint density at radius 3 is 3.00 bits per heavy atom. The molecule has 1 aromatic rings. The summed E-state index contributed by atoms with van der Waals surface area (Å²) in [5, 5.41) is 8.77. The SMILES string of the molecule is COc1cccc(/C=C/C(=O)N2CCCC(CCC(=O)O)C2)c1. The first-order valence-corrected chi connectivity index (χ1v) is 7.91. The van der Waals surface area contributed by atoms with Crippen molar-refractivity contribution in [2.75, 3.05) is 20.2 Å². The first-order valence-electron chi connectivity index (χ1n) is 7.91. The summed E-state index contributed by atoms with van der Waals surface area (Å²) in [6.45, 7) is 1.39. The van der Waals surface area contributed by atoms with E-state index in [4.69, 9.17) is 9.84 Å². The maximum atomic E-state index is 12.3. The lowest BCUT2D eigenvalue weighted by Crippen LogP contribution is -2.39. The van der Waals surface area contributed by atoms with Crippen LogP contribution in [0.4, 0.5) is 0 Å². The van der Waals surface area contributed by atoms with Crippen LogP contribution >= 0.6 is 0 Å². The molecule has 0 aliphatic carbocycles. The molecule has 2 rings (SSSR count). The predicted molar refractivity (Wildman–Crippen MR) is 88.2 cm³/mol. The van der Waals surface area contributed by atoms with Gasteiger partial charge in [-0.2, -0.15) is 0 Å². The molecule has 0 bridgehead atoms. The van der Waals surface area contributed by atoms with E-state index in [1.54, 1.807) is 19.3 Å². The summed E-state index contributed by atoms with van der Waals surface area (Å²) >= 11 is 0. The summed E-state index contributed by atoms with van der Waals surface area (Å²) in [5.74, 6) is 0.250. The van der Waals surface area contributed by atoms with Gasteiger partial charge in [0.1, 0.15) is 5.75 Å². The zero-order valence-corrected chi connectivity index (χ0v) is 13.4. The number of rotatable bonds is 6. The van der Waals surface area contributed by atoms with Crippen molar-refractivity contribution in [2.45, 2.75) is 25.7 Å². The monoisotopic (exact) mass is 317 g/mol. The molecule has 0 aromatic heterocycles. The molecule has 0 saturated carbocycles. The number of nitrogens with zero attached hydrogens (tertiary/aromatic N) is 1. The summed E-state index contributed by atoms with van der Waals surface area (Å²) in [6, 6.07) is 7.52. The Morgan fingerprint density at radius 1 is 1.43 bits per heavy atom. The number of carboxylic acids is 1. The molecule has 0 radical (unpaired) electrons. The standard InChI is InChI=1S/C18H23NO4/c1-23-16-6-2-4-14(12-16)7-9-17(20)19-11-3-5-15(13-19)8-10-18(21)22/h2,4,6-7,9,12,15H,3,5,8,10-11,13H2,1H3,(H,21,22)/b9-7+. The van der Waals surface area contributed by atoms with Crippen LogP contribution in [-0.4, -0.2) is 42.1 Å². The lowest BCUT2D eigenvalue weighted by molar-refractivity contribution is -0.137. The molecule has 1 N–H and O–H groups in total. The number of carboxylic acid groups (broad SMARTS) is 1. The molecule has 23 heavy (non-hydrogen) atoms. The van der Waals surface area contributed by atoms with E-state index in [1.165, 1.54) is 0 Å². The zero-order valence-electron chi connectivity index (χ0n) is 13.4. The van der Waals surface area contributed by atoms with Crippen molar-refractivity contribution in [3.05, 3.63) is 35.9 Å². The van der Waals surface area contributed by atoms with Gasteiger partial charge >= 0.3 is 5.97 Å². The van der Waals surface area contributed by atoms with Crippen LogP contribution in [0.1, 0.15) is 31.2 Å². The third-order valence-corrected chi connectivity index (χ3v) is 4.11. The number of hydrogen-bond donors (Lipinski definition) is 1. The Balaban J connectivity index is 1.91. The van der Waals surface area contributed by atoms with Crippen LogP contribution in [0, 0.1) is 5.92 Å². The van der Waals surface area contributed by atoms with Gasteiger partial charge in [-0.05, 0) is 49.0 Å². The summed E-state index contributed by atoms with van der Waals surface area (Å²) in [5.41, 5.74) is 0.914. The Morgan fingerprint density at radius 2 is 2.26 bits per heavy atom. The van der Waals surface area contributed by atoms with Gasteiger partial charge in [-0.3, -0.25) is 9.59 Å². The topological polar surface area (TPSA) is 66.8 Å². The molecule has 1 aromatic carbocycles. The number of piperidine rings is 1. The average molecular weight is 317 g/mol. The minimum atomic E-state index is -0.772. The molecule has 1 unspecified atom stereocenters. The molecule has 1 aliphatic heterocycles. The molecule has 1 saturated heterocycles. The van der Waals surface area contributed by atoms with Crippen LogP contribution < -0.4 is 4.74 Å². The predicted octanol–water partition coefficient (Wildman–Crippen LogP) is 2.81. The molecule has 124 valence electrons. The molecule has 1 amide bonds. The van der Waals surface area contributed by atoms with Crippen LogP contribution in [0.25, 0.3) is 6.08 Å². The van der Waals surface area contributed by atoms with E-state index in [1.807, 2.05) is 29.2 Å². The van der Waals surface area contributed by atoms with E-state index in [0.717, 1.165) is 30.7 Å². The number of benzene rings is 1. The lowest BCUT2D eigenvalue weighted by Gasteiger charge is -2.32. The summed E-state index contributed by atoms with van der Waals surface area (Å²) in [6.07, 6.45) is 6.10. The molecule has 1 heterocycles. The fourth-order valence-electron chi connectivity index (χ4n) is 2.85. The van der Waals surface area contributed by atoms with E-state index >= 15 is 0 Å². The number of carbonyl (C=O) groups is 2. The first kappa shape index (κ1) is 17.1. The van der Waals surface area contributed by atoms with Gasteiger partial charge in [-0.25, -0.2) is 0 Å². The van der Waals surface area contributed by atoms with Crippen LogP contribution in [0.5, 0.6) is 5.75 Å². The Labute approximate surface area is 136 Å². The number of methoxy groups -OCH3 is 1. The van der Waals surface area contributed by atoms with E-state index in [0.29, 0.717) is 13.0 Å². The third kappa shape index (κ3) is 5.43. The second-order valence-corrected chi connectivity index (χ2v) is 5.83. The average Bonchev–Trinajstić information content (AvgIpc) is 2.58. The van der Waals surface area contributed by atoms with Crippen LogP contribution in [0.3, 0.4) is 0 Å². The highest BCUT2D eigenvalue weighted by Gasteiger charge is 2.22. The normalized spacial score (nSPS) is 18.1. The summed E-state index contributed by atoms with van der Waals surface area (Å²) in [4.78, 5) is 24.8. The van der Waals surface area contributed by atoms with Gasteiger partial charge in [0.2, 0.25) is 5.91 Å². The largest absolute Gasteiger partial charge is 0.497 e. The number of ether oxygens (including phenoxy) is 1. The second-order valence-electron chi connectivity index (χ2n) is 5.83. The van der Waals surface area contributed by atoms with Crippen molar-refractivity contribution in [2.24, 2.45) is 5.92 Å². The van der Waals surface area contributed by atoms with E-state index in [-0.39, 0.29) is 18.2 Å². The van der Waals surface area contributed by atoms with Crippen molar-refractivity contribution >= 4 is 18.0 Å². The maximum Gasteiger partial charge on any atom is 0.303 e. The van der Waals surface area contributed by atoms with Crippen molar-refractivity contribution in [1.29, 1.82) is 0 Å². The number of aliphatic carboxylic acids is 1. The smallest absolute Gasteiger partial charge is 0.303 e. The highest BCUT2D eigenvalue weighted by Crippen LogP contribution is 2.21. The minimum Gasteiger partial charge on any atom is -0.497 e. The molecule has 0 spiro atoms. The van der Waals surface area contributed by atoms with Crippen LogP contribution in [0.2, 0.25) is 0 Å². The quantitative estimate of drug-likeness (QED) is 0.819. The van der Waals surface area contributed by atoms with Crippen molar-refractivity contribution in [1.82, 2.24) is 4.90 Å². The Kier molecular flexibility index (Phi) is 6.20. The number of hydrogen-bond acceptors (Lipinski definition) is 3. The summed E-state index contributed by atoms with van der Waals surface area (Å²) in [7, 11) is 1.61. The molecule has 1 fully saturated rings. The van der Waals surface area contributed by atoms with Gasteiger partial charge in [0.15, 0.2) is 0 Å². The zero-order chi connectivity index (χ0) is 16.7. The second kappa shape index (κ2) is 8.36. The lowest BCUT2D eigenvalue weighted by atomic mass is 9.93. The Hall–Kier alpha value is -2.30. The van der Waals surface area contributed by atoms with Crippen molar-refractivity contribution in [3.8, 4) is 5.75 Å². The van der Waals surface area contributed by atoms with Gasteiger partial charge < -0.3 is 14.7 Å². The molecule has 1 atom stereocenters. The molecule has 1 aliphatic rings. The maximum absolute atomic E-state index is 12.3. The molecule has 5 heteroatoms. The van der Waals surface area contributed by atoms with Gasteiger partial charge in [-0.15, -0.1) is 0 Å². The highest BCUT2D eigenvalue weighted by atomic mass is 16.5. The first-order chi connectivity index (χ1) is 11.1.